The molecule has 0 aliphatic rings. The molecule has 0 fully saturated rings. The molecule has 0 aliphatic heterocycles. The second-order valence-electron chi connectivity index (χ2n) is 4.63. The van der Waals surface area contributed by atoms with Gasteiger partial charge >= 0.3 is 0 Å². The third-order valence-electron chi connectivity index (χ3n) is 3.32. The van der Waals surface area contributed by atoms with Gasteiger partial charge in [0.1, 0.15) is 11.4 Å². The van der Waals surface area contributed by atoms with Crippen molar-refractivity contribution in [3.63, 3.8) is 0 Å². The molecule has 2 aromatic carbocycles. The molecule has 0 amide bonds. The Hall–Kier alpha value is -2.88. The van der Waals surface area contributed by atoms with Crippen molar-refractivity contribution >= 4 is 22.0 Å². The van der Waals surface area contributed by atoms with E-state index in [-0.39, 0.29) is 5.55 Å². The average molecular weight is 261 g/mol. The summed E-state index contributed by atoms with van der Waals surface area (Å²) in [6.45, 7) is 0. The molecule has 4 rings (SSSR count). The molecule has 4 heteroatoms. The zero-order valence-corrected chi connectivity index (χ0v) is 10.6. The van der Waals surface area contributed by atoms with Crippen molar-refractivity contribution < 1.29 is 4.42 Å². The minimum Gasteiger partial charge on any atom is -0.438 e. The first-order chi connectivity index (χ1) is 9.81. The molecule has 0 spiro atoms. The Morgan fingerprint density at radius 3 is 2.70 bits per heavy atom. The van der Waals surface area contributed by atoms with E-state index in [1.165, 1.54) is 0 Å². The fourth-order valence-electron chi connectivity index (χ4n) is 2.33. The highest BCUT2D eigenvalue weighted by molar-refractivity contribution is 5.83. The number of fused-ring (bicyclic) bond motifs is 2. The Kier molecular flexibility index (Phi) is 2.23. The van der Waals surface area contributed by atoms with Gasteiger partial charge in [0.15, 0.2) is 0 Å². The van der Waals surface area contributed by atoms with Crippen molar-refractivity contribution in [2.45, 2.75) is 0 Å². The van der Waals surface area contributed by atoms with Crippen LogP contribution in [0.1, 0.15) is 0 Å². The molecule has 0 unspecified atom stereocenters. The second-order valence-corrected chi connectivity index (χ2v) is 4.63. The van der Waals surface area contributed by atoms with E-state index in [1.54, 1.807) is 0 Å². The topological polar surface area (TPSA) is 65.7 Å². The molecule has 20 heavy (non-hydrogen) atoms. The van der Waals surface area contributed by atoms with Gasteiger partial charge in [-0.3, -0.25) is 5.41 Å². The lowest BCUT2D eigenvalue weighted by Gasteiger charge is -2.00. The van der Waals surface area contributed by atoms with Crippen LogP contribution in [0.4, 0.5) is 0 Å². The number of H-pyrrole nitrogens is 1. The Bertz CT molecular complexity index is 949. The SMILES string of the molecule is N=c1oc2ccccc2cc1-c1nc2ccccc2[nH]1. The van der Waals surface area contributed by atoms with Crippen molar-refractivity contribution in [2.24, 2.45) is 0 Å². The monoisotopic (exact) mass is 261 g/mol. The molecule has 4 aromatic rings. The maximum Gasteiger partial charge on any atom is 0.223 e. The largest absolute Gasteiger partial charge is 0.438 e. The molecule has 0 aliphatic carbocycles. The molecule has 96 valence electrons. The third-order valence-corrected chi connectivity index (χ3v) is 3.32. The van der Waals surface area contributed by atoms with Crippen LogP contribution in [-0.2, 0) is 0 Å². The number of hydrogen-bond acceptors (Lipinski definition) is 3. The standard InChI is InChI=1S/C16H11N3O/c17-15-11(9-10-5-1-4-8-14(10)20-15)16-18-12-6-2-3-7-13(12)19-16/h1-9,17H,(H,18,19). The van der Waals surface area contributed by atoms with Crippen LogP contribution in [0, 0.1) is 5.41 Å². The summed E-state index contributed by atoms with van der Waals surface area (Å²) in [6, 6.07) is 17.4. The van der Waals surface area contributed by atoms with Crippen molar-refractivity contribution in [2.75, 3.05) is 0 Å². The lowest BCUT2D eigenvalue weighted by molar-refractivity contribution is 0.535. The quantitative estimate of drug-likeness (QED) is 0.551. The molecule has 0 atom stereocenters. The highest BCUT2D eigenvalue weighted by Gasteiger charge is 2.09. The Labute approximate surface area is 114 Å². The Morgan fingerprint density at radius 2 is 1.80 bits per heavy atom. The molecule has 4 nitrogen and oxygen atoms in total. The van der Waals surface area contributed by atoms with E-state index < -0.39 is 0 Å². The van der Waals surface area contributed by atoms with Gasteiger partial charge < -0.3 is 9.40 Å². The minimum absolute atomic E-state index is 0.114. The van der Waals surface area contributed by atoms with E-state index in [4.69, 9.17) is 9.83 Å². The predicted octanol–water partition coefficient (Wildman–Crippen LogP) is 3.46. The summed E-state index contributed by atoms with van der Waals surface area (Å²) >= 11 is 0. The zero-order valence-electron chi connectivity index (χ0n) is 10.6. The van der Waals surface area contributed by atoms with E-state index in [9.17, 15) is 0 Å². The molecule has 0 radical (unpaired) electrons. The number of imidazole rings is 1. The number of para-hydroxylation sites is 3. The van der Waals surface area contributed by atoms with E-state index in [0.29, 0.717) is 17.0 Å². The molecule has 2 aromatic heterocycles. The lowest BCUT2D eigenvalue weighted by atomic mass is 10.2. The third kappa shape index (κ3) is 1.62. The lowest BCUT2D eigenvalue weighted by Crippen LogP contribution is -2.03. The first-order valence-corrected chi connectivity index (χ1v) is 6.34. The van der Waals surface area contributed by atoms with Gasteiger partial charge in [0.2, 0.25) is 5.55 Å². The highest BCUT2D eigenvalue weighted by atomic mass is 16.3. The predicted molar refractivity (Wildman–Crippen MR) is 77.2 cm³/mol. The first-order valence-electron chi connectivity index (χ1n) is 6.34. The second kappa shape index (κ2) is 4.06. The van der Waals surface area contributed by atoms with Crippen LogP contribution in [0.15, 0.2) is 59.0 Å². The van der Waals surface area contributed by atoms with Gasteiger partial charge in [-0.25, -0.2) is 4.98 Å². The van der Waals surface area contributed by atoms with Gasteiger partial charge in [0, 0.05) is 5.39 Å². The van der Waals surface area contributed by atoms with Crippen molar-refractivity contribution in [3.8, 4) is 11.4 Å². The summed E-state index contributed by atoms with van der Waals surface area (Å²) in [5.74, 6) is 0.658. The van der Waals surface area contributed by atoms with Crippen molar-refractivity contribution in [1.82, 2.24) is 9.97 Å². The van der Waals surface area contributed by atoms with Gasteiger partial charge in [-0.15, -0.1) is 0 Å². The van der Waals surface area contributed by atoms with Gasteiger partial charge in [-0.05, 0) is 24.3 Å². The fourth-order valence-corrected chi connectivity index (χ4v) is 2.33. The molecule has 2 heterocycles. The molecule has 0 bridgehead atoms. The number of hydrogen-bond donors (Lipinski definition) is 2. The number of nitrogens with zero attached hydrogens (tertiary/aromatic N) is 1. The van der Waals surface area contributed by atoms with E-state index in [2.05, 4.69) is 9.97 Å². The highest BCUT2D eigenvalue weighted by Crippen LogP contribution is 2.21. The number of aromatic amines is 1. The maximum atomic E-state index is 8.04. The smallest absolute Gasteiger partial charge is 0.223 e. The van der Waals surface area contributed by atoms with Gasteiger partial charge in [-0.2, -0.15) is 0 Å². The van der Waals surface area contributed by atoms with Crippen LogP contribution >= 0.6 is 0 Å². The molecule has 2 N–H and O–H groups in total. The van der Waals surface area contributed by atoms with Crippen LogP contribution in [0.25, 0.3) is 33.4 Å². The summed E-state index contributed by atoms with van der Waals surface area (Å²) in [5.41, 5.74) is 3.32. The summed E-state index contributed by atoms with van der Waals surface area (Å²) in [4.78, 5) is 7.74. The summed E-state index contributed by atoms with van der Waals surface area (Å²) < 4.78 is 5.55. The van der Waals surface area contributed by atoms with Crippen LogP contribution in [0.2, 0.25) is 0 Å². The van der Waals surface area contributed by atoms with Gasteiger partial charge in [0.05, 0.1) is 16.6 Å². The van der Waals surface area contributed by atoms with Crippen LogP contribution < -0.4 is 5.55 Å². The molecule has 0 saturated carbocycles. The Balaban J connectivity index is 2.01. The molecule has 0 saturated heterocycles. The summed E-state index contributed by atoms with van der Waals surface area (Å²) in [7, 11) is 0. The van der Waals surface area contributed by atoms with E-state index >= 15 is 0 Å². The number of benzene rings is 2. The molecular formula is C16H11N3O. The van der Waals surface area contributed by atoms with Crippen molar-refractivity contribution in [1.29, 1.82) is 5.41 Å². The van der Waals surface area contributed by atoms with Gasteiger partial charge in [-0.1, -0.05) is 30.3 Å². The minimum atomic E-state index is 0.114. The first kappa shape index (κ1) is 11.0. The number of nitrogens with one attached hydrogen (secondary N) is 2. The summed E-state index contributed by atoms with van der Waals surface area (Å²) in [6.07, 6.45) is 0. The normalized spacial score (nSPS) is 11.2. The maximum absolute atomic E-state index is 8.04. The average Bonchev–Trinajstić information content (AvgIpc) is 2.90. The fraction of sp³-hybridized carbons (Fsp3) is 0. The zero-order chi connectivity index (χ0) is 13.5. The van der Waals surface area contributed by atoms with Crippen molar-refractivity contribution in [3.05, 3.63) is 60.2 Å². The van der Waals surface area contributed by atoms with E-state index in [1.807, 2.05) is 54.6 Å². The van der Waals surface area contributed by atoms with Gasteiger partial charge in [0.25, 0.3) is 0 Å². The van der Waals surface area contributed by atoms with E-state index in [0.717, 1.165) is 16.4 Å². The number of rotatable bonds is 1. The van der Waals surface area contributed by atoms with Crippen LogP contribution in [0.5, 0.6) is 0 Å². The summed E-state index contributed by atoms with van der Waals surface area (Å²) in [5, 5.41) is 8.99. The van der Waals surface area contributed by atoms with Crippen LogP contribution in [0.3, 0.4) is 0 Å². The van der Waals surface area contributed by atoms with Crippen LogP contribution in [-0.4, -0.2) is 9.97 Å². The molecular weight excluding hydrogens is 250 g/mol. The number of aromatic nitrogens is 2. The Morgan fingerprint density at radius 1 is 1.00 bits per heavy atom.